The quantitative estimate of drug-likeness (QED) is 0.812. The zero-order valence-corrected chi connectivity index (χ0v) is 15.5. The van der Waals surface area contributed by atoms with Crippen LogP contribution in [-0.4, -0.2) is 36.9 Å². The third-order valence-corrected chi connectivity index (χ3v) is 4.77. The zero-order valence-electron chi connectivity index (χ0n) is 15.5. The summed E-state index contributed by atoms with van der Waals surface area (Å²) in [5.41, 5.74) is 0.114. The number of carbonyl (C=O) groups excluding carboxylic acids is 1. The first kappa shape index (κ1) is 18.8. The zero-order chi connectivity index (χ0) is 18.0. The summed E-state index contributed by atoms with van der Waals surface area (Å²) >= 11 is 0. The van der Waals surface area contributed by atoms with E-state index in [1.54, 1.807) is 0 Å². The van der Waals surface area contributed by atoms with Gasteiger partial charge < -0.3 is 19.4 Å². The molecular formula is C18H28BNO4. The average molecular weight is 333 g/mol. The highest BCUT2D eigenvalue weighted by atomic mass is 16.7. The maximum atomic E-state index is 11.8. The first-order valence-electron chi connectivity index (χ1n) is 8.52. The highest BCUT2D eigenvalue weighted by molar-refractivity contribution is 6.62. The normalized spacial score (nSPS) is 19.8. The van der Waals surface area contributed by atoms with Crippen LogP contribution in [0.15, 0.2) is 24.3 Å². The lowest BCUT2D eigenvalue weighted by molar-refractivity contribution is -0.123. The Labute approximate surface area is 145 Å². The van der Waals surface area contributed by atoms with Gasteiger partial charge in [-0.15, -0.1) is 0 Å². The van der Waals surface area contributed by atoms with E-state index in [0.29, 0.717) is 5.75 Å². The fraction of sp³-hybridized carbons (Fsp3) is 0.611. The molecule has 24 heavy (non-hydrogen) atoms. The molecule has 1 unspecified atom stereocenters. The van der Waals surface area contributed by atoms with Crippen molar-refractivity contribution in [3.8, 4) is 5.75 Å². The van der Waals surface area contributed by atoms with Crippen LogP contribution in [-0.2, 0) is 14.1 Å². The molecule has 1 aliphatic heterocycles. The van der Waals surface area contributed by atoms with E-state index in [1.807, 2.05) is 65.8 Å². The molecule has 0 aromatic heterocycles. The van der Waals surface area contributed by atoms with Gasteiger partial charge in [0.15, 0.2) is 6.61 Å². The summed E-state index contributed by atoms with van der Waals surface area (Å²) in [7, 11) is -0.438. The topological polar surface area (TPSA) is 56.8 Å². The molecule has 1 fully saturated rings. The van der Waals surface area contributed by atoms with Gasteiger partial charge >= 0.3 is 7.12 Å². The van der Waals surface area contributed by atoms with Gasteiger partial charge in [-0.3, -0.25) is 4.79 Å². The Balaban J connectivity index is 1.99. The van der Waals surface area contributed by atoms with Crippen molar-refractivity contribution in [3.63, 3.8) is 0 Å². The van der Waals surface area contributed by atoms with E-state index in [4.69, 9.17) is 14.0 Å². The molecule has 0 radical (unpaired) electrons. The molecule has 0 aliphatic carbocycles. The van der Waals surface area contributed by atoms with E-state index in [1.165, 1.54) is 0 Å². The van der Waals surface area contributed by atoms with Crippen LogP contribution in [0, 0.1) is 0 Å². The molecule has 5 nitrogen and oxygen atoms in total. The first-order chi connectivity index (χ1) is 11.1. The maximum Gasteiger partial charge on any atom is 0.494 e. The second kappa shape index (κ2) is 7.15. The average Bonchev–Trinajstić information content (AvgIpc) is 2.73. The standard InChI is InChI=1S/C18H28BNO4/c1-7-13(2)20-16(21)12-22-15-10-8-9-14(11-15)19-23-17(3,4)18(5,6)24-19/h8-11,13H,7,12H2,1-6H3,(H,20,21). The fourth-order valence-corrected chi connectivity index (χ4v) is 2.30. The van der Waals surface area contributed by atoms with Crippen molar-refractivity contribution in [1.29, 1.82) is 0 Å². The predicted molar refractivity (Wildman–Crippen MR) is 95.5 cm³/mol. The molecule has 1 atom stereocenters. The molecule has 1 aromatic carbocycles. The van der Waals surface area contributed by atoms with Crippen LogP contribution in [0.2, 0.25) is 0 Å². The molecule has 132 valence electrons. The number of ether oxygens (including phenoxy) is 1. The van der Waals surface area contributed by atoms with Crippen LogP contribution < -0.4 is 15.5 Å². The number of amides is 1. The van der Waals surface area contributed by atoms with Crippen molar-refractivity contribution in [3.05, 3.63) is 24.3 Å². The van der Waals surface area contributed by atoms with E-state index >= 15 is 0 Å². The number of hydrogen-bond donors (Lipinski definition) is 1. The van der Waals surface area contributed by atoms with E-state index in [-0.39, 0.29) is 29.8 Å². The second-order valence-electron chi connectivity index (χ2n) is 7.33. The molecule has 1 heterocycles. The Hall–Kier alpha value is -1.53. The van der Waals surface area contributed by atoms with Crippen molar-refractivity contribution in [1.82, 2.24) is 5.32 Å². The number of benzene rings is 1. The van der Waals surface area contributed by atoms with Crippen LogP contribution in [0.3, 0.4) is 0 Å². The van der Waals surface area contributed by atoms with Gasteiger partial charge in [0.25, 0.3) is 5.91 Å². The number of rotatable bonds is 6. The fourth-order valence-electron chi connectivity index (χ4n) is 2.30. The highest BCUT2D eigenvalue weighted by Gasteiger charge is 2.51. The number of nitrogens with one attached hydrogen (secondary N) is 1. The van der Waals surface area contributed by atoms with E-state index in [9.17, 15) is 4.79 Å². The summed E-state index contributed by atoms with van der Waals surface area (Å²) in [4.78, 5) is 11.8. The Morgan fingerprint density at radius 2 is 1.88 bits per heavy atom. The molecule has 1 aromatic rings. The Kier molecular flexibility index (Phi) is 5.61. The molecule has 1 aliphatic rings. The Morgan fingerprint density at radius 1 is 1.25 bits per heavy atom. The molecular weight excluding hydrogens is 305 g/mol. The lowest BCUT2D eigenvalue weighted by atomic mass is 9.79. The van der Waals surface area contributed by atoms with Gasteiger partial charge in [-0.2, -0.15) is 0 Å². The minimum absolute atomic E-state index is 0.00282. The molecule has 6 heteroatoms. The molecule has 1 amide bonds. The molecule has 1 saturated heterocycles. The molecule has 0 bridgehead atoms. The second-order valence-corrected chi connectivity index (χ2v) is 7.33. The smallest absolute Gasteiger partial charge is 0.484 e. The Morgan fingerprint density at radius 3 is 2.46 bits per heavy atom. The summed E-state index contributed by atoms with van der Waals surface area (Å²) in [6.45, 7) is 12.1. The lowest BCUT2D eigenvalue weighted by Crippen LogP contribution is -2.41. The predicted octanol–water partition coefficient (Wildman–Crippen LogP) is 2.28. The minimum atomic E-state index is -0.438. The van der Waals surface area contributed by atoms with Crippen molar-refractivity contribution in [2.45, 2.75) is 65.2 Å². The van der Waals surface area contributed by atoms with Gasteiger partial charge in [-0.1, -0.05) is 19.1 Å². The highest BCUT2D eigenvalue weighted by Crippen LogP contribution is 2.36. The Bertz CT molecular complexity index is 572. The van der Waals surface area contributed by atoms with Crippen LogP contribution in [0.25, 0.3) is 0 Å². The summed E-state index contributed by atoms with van der Waals surface area (Å²) in [6.07, 6.45) is 0.892. The van der Waals surface area contributed by atoms with E-state index in [2.05, 4.69) is 5.32 Å². The largest absolute Gasteiger partial charge is 0.494 e. The van der Waals surface area contributed by atoms with Crippen molar-refractivity contribution < 1.29 is 18.8 Å². The molecule has 0 saturated carbocycles. The van der Waals surface area contributed by atoms with Crippen LogP contribution in [0.4, 0.5) is 0 Å². The molecule has 1 N–H and O–H groups in total. The van der Waals surface area contributed by atoms with Gasteiger partial charge in [-0.05, 0) is 58.6 Å². The molecule has 0 spiro atoms. The summed E-state index contributed by atoms with van der Waals surface area (Å²) in [5.74, 6) is 0.506. The summed E-state index contributed by atoms with van der Waals surface area (Å²) in [6, 6.07) is 7.65. The van der Waals surface area contributed by atoms with Gasteiger partial charge in [0.1, 0.15) is 5.75 Å². The van der Waals surface area contributed by atoms with E-state index in [0.717, 1.165) is 11.9 Å². The van der Waals surface area contributed by atoms with Crippen LogP contribution in [0.1, 0.15) is 48.0 Å². The lowest BCUT2D eigenvalue weighted by Gasteiger charge is -2.32. The van der Waals surface area contributed by atoms with Crippen molar-refractivity contribution in [2.24, 2.45) is 0 Å². The molecule has 2 rings (SSSR count). The first-order valence-corrected chi connectivity index (χ1v) is 8.52. The summed E-state index contributed by atoms with van der Waals surface area (Å²) in [5, 5.41) is 2.88. The van der Waals surface area contributed by atoms with Crippen LogP contribution >= 0.6 is 0 Å². The van der Waals surface area contributed by atoms with Gasteiger partial charge in [0.2, 0.25) is 0 Å². The third-order valence-electron chi connectivity index (χ3n) is 4.77. The monoisotopic (exact) mass is 333 g/mol. The van der Waals surface area contributed by atoms with Gasteiger partial charge in [-0.25, -0.2) is 0 Å². The van der Waals surface area contributed by atoms with Crippen molar-refractivity contribution in [2.75, 3.05) is 6.61 Å². The van der Waals surface area contributed by atoms with Gasteiger partial charge in [0, 0.05) is 6.04 Å². The number of carbonyl (C=O) groups is 1. The minimum Gasteiger partial charge on any atom is -0.484 e. The maximum absolute atomic E-state index is 11.8. The summed E-state index contributed by atoms with van der Waals surface area (Å²) < 4.78 is 17.7. The third kappa shape index (κ3) is 4.30. The SMILES string of the molecule is CCC(C)NC(=O)COc1cccc(B2OC(C)(C)C(C)(C)O2)c1. The van der Waals surface area contributed by atoms with Crippen molar-refractivity contribution >= 4 is 18.5 Å². The van der Waals surface area contributed by atoms with E-state index < -0.39 is 7.12 Å². The number of hydrogen-bond acceptors (Lipinski definition) is 4. The van der Waals surface area contributed by atoms with Gasteiger partial charge in [0.05, 0.1) is 11.2 Å². The van der Waals surface area contributed by atoms with Crippen LogP contribution in [0.5, 0.6) is 5.75 Å².